The van der Waals surface area contributed by atoms with Gasteiger partial charge in [-0.15, -0.1) is 5.48 Å². The van der Waals surface area contributed by atoms with Crippen LogP contribution in [0.5, 0.6) is 0 Å². The monoisotopic (exact) mass is 189 g/mol. The van der Waals surface area contributed by atoms with Gasteiger partial charge in [0, 0.05) is 6.92 Å². The van der Waals surface area contributed by atoms with E-state index in [1.165, 1.54) is 6.92 Å². The Labute approximate surface area is 77.0 Å². The second-order valence-electron chi connectivity index (χ2n) is 3.23. The molecule has 0 amide bonds. The molecule has 0 bridgehead atoms. The Hall–Kier alpha value is -1.10. The van der Waals surface area contributed by atoms with Gasteiger partial charge >= 0.3 is 11.9 Å². The van der Waals surface area contributed by atoms with Crippen molar-refractivity contribution in [2.75, 3.05) is 0 Å². The van der Waals surface area contributed by atoms with Crippen molar-refractivity contribution < 1.29 is 19.5 Å². The number of carboxylic acid groups (broad SMARTS) is 1. The van der Waals surface area contributed by atoms with Crippen LogP contribution in [0.2, 0.25) is 0 Å². The van der Waals surface area contributed by atoms with Crippen LogP contribution in [0.25, 0.3) is 0 Å². The molecule has 0 aromatic rings. The molecular weight excluding hydrogens is 174 g/mol. The van der Waals surface area contributed by atoms with Crippen LogP contribution in [-0.4, -0.2) is 23.1 Å². The van der Waals surface area contributed by atoms with Crippen molar-refractivity contribution in [3.63, 3.8) is 0 Å². The minimum atomic E-state index is -1.02. The van der Waals surface area contributed by atoms with E-state index in [1.807, 2.05) is 13.8 Å². The summed E-state index contributed by atoms with van der Waals surface area (Å²) < 4.78 is 0. The Bertz CT molecular complexity index is 191. The van der Waals surface area contributed by atoms with E-state index >= 15 is 0 Å². The van der Waals surface area contributed by atoms with Crippen LogP contribution in [0.4, 0.5) is 0 Å². The fourth-order valence-corrected chi connectivity index (χ4v) is 0.825. The molecule has 2 N–H and O–H groups in total. The summed E-state index contributed by atoms with van der Waals surface area (Å²) in [5.74, 6) is -1.34. The Morgan fingerprint density at radius 3 is 2.31 bits per heavy atom. The molecule has 5 nitrogen and oxygen atoms in total. The van der Waals surface area contributed by atoms with Gasteiger partial charge in [-0.1, -0.05) is 13.8 Å². The van der Waals surface area contributed by atoms with Crippen molar-refractivity contribution in [3.05, 3.63) is 0 Å². The number of hydrogen-bond acceptors (Lipinski definition) is 4. The first-order valence-corrected chi connectivity index (χ1v) is 4.09. The van der Waals surface area contributed by atoms with Gasteiger partial charge < -0.3 is 9.94 Å². The largest absolute Gasteiger partial charge is 0.480 e. The number of carbonyl (C=O) groups excluding carboxylic acids is 1. The van der Waals surface area contributed by atoms with Gasteiger partial charge in [0.1, 0.15) is 6.04 Å². The zero-order valence-corrected chi connectivity index (χ0v) is 8.03. The summed E-state index contributed by atoms with van der Waals surface area (Å²) in [7, 11) is 0. The molecule has 0 aliphatic rings. The lowest BCUT2D eigenvalue weighted by molar-refractivity contribution is -0.156. The number of rotatable bonds is 5. The minimum absolute atomic E-state index is 0.226. The van der Waals surface area contributed by atoms with Crippen LogP contribution in [-0.2, 0) is 14.4 Å². The average molecular weight is 189 g/mol. The number of hydroxylamine groups is 1. The van der Waals surface area contributed by atoms with Crippen LogP contribution >= 0.6 is 0 Å². The summed E-state index contributed by atoms with van der Waals surface area (Å²) in [6, 6.07) is -0.830. The van der Waals surface area contributed by atoms with Crippen molar-refractivity contribution in [2.45, 2.75) is 33.2 Å². The molecule has 0 saturated carbocycles. The lowest BCUT2D eigenvalue weighted by atomic mass is 10.1. The maximum Gasteiger partial charge on any atom is 0.324 e. The molecule has 0 aromatic heterocycles. The smallest absolute Gasteiger partial charge is 0.324 e. The molecule has 0 rings (SSSR count). The standard InChI is InChI=1S/C8H15NO4/c1-5(2)4-7(8(11)12)9-13-6(3)10/h5,7,9H,4H2,1-3H3,(H,11,12). The predicted molar refractivity (Wildman–Crippen MR) is 45.8 cm³/mol. The summed E-state index contributed by atoms with van der Waals surface area (Å²) in [4.78, 5) is 25.4. The molecule has 0 aromatic carbocycles. The van der Waals surface area contributed by atoms with Gasteiger partial charge in [-0.05, 0) is 12.3 Å². The number of aliphatic carboxylic acids is 1. The highest BCUT2D eigenvalue weighted by Gasteiger charge is 2.19. The van der Waals surface area contributed by atoms with Gasteiger partial charge in [0.15, 0.2) is 0 Å². The summed E-state index contributed by atoms with van der Waals surface area (Å²) >= 11 is 0. The van der Waals surface area contributed by atoms with Crippen LogP contribution in [0.15, 0.2) is 0 Å². The summed E-state index contributed by atoms with van der Waals surface area (Å²) in [5, 5.41) is 8.68. The van der Waals surface area contributed by atoms with Gasteiger partial charge in [0.25, 0.3) is 0 Å². The first-order chi connectivity index (χ1) is 5.93. The van der Waals surface area contributed by atoms with Crippen LogP contribution < -0.4 is 5.48 Å². The predicted octanol–water partition coefficient (Wildman–Crippen LogP) is 0.553. The average Bonchev–Trinajstić information content (AvgIpc) is 1.96. The van der Waals surface area contributed by atoms with E-state index in [4.69, 9.17) is 5.11 Å². The summed E-state index contributed by atoms with van der Waals surface area (Å²) in [5.41, 5.74) is 2.20. The quantitative estimate of drug-likeness (QED) is 0.618. The first kappa shape index (κ1) is 11.9. The molecule has 0 aliphatic carbocycles. The zero-order valence-electron chi connectivity index (χ0n) is 8.03. The third-order valence-electron chi connectivity index (χ3n) is 1.35. The SMILES string of the molecule is CC(=O)ONC(CC(C)C)C(=O)O. The van der Waals surface area contributed by atoms with E-state index in [1.54, 1.807) is 0 Å². The third kappa shape index (κ3) is 6.10. The lowest BCUT2D eigenvalue weighted by Crippen LogP contribution is -2.38. The molecule has 1 atom stereocenters. The molecule has 5 heteroatoms. The molecule has 13 heavy (non-hydrogen) atoms. The maximum atomic E-state index is 10.6. The summed E-state index contributed by atoms with van der Waals surface area (Å²) in [6.07, 6.45) is 0.419. The van der Waals surface area contributed by atoms with E-state index in [2.05, 4.69) is 10.3 Å². The van der Waals surface area contributed by atoms with Gasteiger partial charge in [-0.2, -0.15) is 0 Å². The van der Waals surface area contributed by atoms with Crippen LogP contribution in [0.1, 0.15) is 27.2 Å². The van der Waals surface area contributed by atoms with E-state index in [0.717, 1.165) is 0 Å². The van der Waals surface area contributed by atoms with E-state index in [0.29, 0.717) is 6.42 Å². The highest BCUT2D eigenvalue weighted by molar-refractivity contribution is 5.73. The molecule has 0 aliphatic heterocycles. The maximum absolute atomic E-state index is 10.6. The number of hydrogen-bond donors (Lipinski definition) is 2. The normalized spacial score (nSPS) is 12.6. The van der Waals surface area contributed by atoms with Crippen LogP contribution in [0.3, 0.4) is 0 Å². The van der Waals surface area contributed by atoms with E-state index in [-0.39, 0.29) is 5.92 Å². The van der Waals surface area contributed by atoms with Gasteiger partial charge in [-0.25, -0.2) is 0 Å². The number of carboxylic acids is 1. The fraction of sp³-hybridized carbons (Fsp3) is 0.750. The van der Waals surface area contributed by atoms with Crippen LogP contribution in [0, 0.1) is 5.92 Å². The molecule has 0 spiro atoms. The number of carbonyl (C=O) groups is 2. The Balaban J connectivity index is 3.95. The summed E-state index contributed by atoms with van der Waals surface area (Å²) in [6.45, 7) is 5.00. The van der Waals surface area contributed by atoms with Crippen molar-refractivity contribution in [2.24, 2.45) is 5.92 Å². The fourth-order valence-electron chi connectivity index (χ4n) is 0.825. The van der Waals surface area contributed by atoms with Crippen molar-refractivity contribution in [1.82, 2.24) is 5.48 Å². The Morgan fingerprint density at radius 1 is 1.46 bits per heavy atom. The highest BCUT2D eigenvalue weighted by Crippen LogP contribution is 2.04. The van der Waals surface area contributed by atoms with Gasteiger partial charge in [0.2, 0.25) is 0 Å². The highest BCUT2D eigenvalue weighted by atomic mass is 16.7. The second-order valence-corrected chi connectivity index (χ2v) is 3.23. The Kier molecular flexibility index (Phi) is 5.06. The molecule has 1 unspecified atom stereocenters. The number of nitrogens with one attached hydrogen (secondary N) is 1. The van der Waals surface area contributed by atoms with Crippen molar-refractivity contribution in [1.29, 1.82) is 0 Å². The molecule has 0 radical (unpaired) electrons. The van der Waals surface area contributed by atoms with Gasteiger partial charge in [0.05, 0.1) is 0 Å². The molecule has 0 heterocycles. The topological polar surface area (TPSA) is 75.6 Å². The minimum Gasteiger partial charge on any atom is -0.480 e. The zero-order chi connectivity index (χ0) is 10.4. The molecule has 0 saturated heterocycles. The second kappa shape index (κ2) is 5.53. The molecule has 76 valence electrons. The first-order valence-electron chi connectivity index (χ1n) is 4.09. The van der Waals surface area contributed by atoms with E-state index < -0.39 is 18.0 Å². The lowest BCUT2D eigenvalue weighted by Gasteiger charge is -2.14. The molecule has 0 fully saturated rings. The third-order valence-corrected chi connectivity index (χ3v) is 1.35. The van der Waals surface area contributed by atoms with Gasteiger partial charge in [-0.3, -0.25) is 9.59 Å². The Morgan fingerprint density at radius 2 is 2.00 bits per heavy atom. The van der Waals surface area contributed by atoms with E-state index in [9.17, 15) is 9.59 Å². The van der Waals surface area contributed by atoms with Crippen molar-refractivity contribution >= 4 is 11.9 Å². The molecular formula is C8H15NO4. The van der Waals surface area contributed by atoms with Crippen molar-refractivity contribution in [3.8, 4) is 0 Å².